The number of rotatable bonds is 3. The van der Waals surface area contributed by atoms with Crippen molar-refractivity contribution in [2.75, 3.05) is 6.61 Å². The fourth-order valence-electron chi connectivity index (χ4n) is 1.24. The van der Waals surface area contributed by atoms with E-state index in [-0.39, 0.29) is 5.97 Å². The lowest BCUT2D eigenvalue weighted by molar-refractivity contribution is 0.0549. The van der Waals surface area contributed by atoms with Crippen LogP contribution in [0.4, 0.5) is 0 Å². The van der Waals surface area contributed by atoms with E-state index in [0.29, 0.717) is 12.2 Å². The van der Waals surface area contributed by atoms with Gasteiger partial charge in [-0.05, 0) is 57.0 Å². The predicted octanol–water partition coefficient (Wildman–Crippen LogP) is 4.45. The average molecular weight is 248 g/mol. The van der Waals surface area contributed by atoms with Crippen LogP contribution in [0, 0.1) is 13.8 Å². The molecule has 0 radical (unpaired) electrons. The molecule has 0 spiro atoms. The van der Waals surface area contributed by atoms with Gasteiger partial charge in [-0.1, -0.05) is 25.5 Å². The standard InChI is InChI=1S/C14H18O2.C2H6/c1-10(2)7-8-16-14(15)13-6-5-11(3)12(4)9-13;1-2/h5-7,9H,8H2,1-4H3;1-2H3. The number of hydrogen-bond acceptors (Lipinski definition) is 2. The van der Waals surface area contributed by atoms with Gasteiger partial charge in [-0.3, -0.25) is 0 Å². The maximum atomic E-state index is 11.6. The van der Waals surface area contributed by atoms with Crippen molar-refractivity contribution in [3.63, 3.8) is 0 Å². The maximum absolute atomic E-state index is 11.6. The Bertz CT molecular complexity index is 413. The Kier molecular flexibility index (Phi) is 7.77. The molecule has 0 aliphatic carbocycles. The average Bonchev–Trinajstić information content (AvgIpc) is 2.34. The van der Waals surface area contributed by atoms with Crippen molar-refractivity contribution in [3.05, 3.63) is 46.5 Å². The molecule has 0 aromatic heterocycles. The van der Waals surface area contributed by atoms with Crippen molar-refractivity contribution >= 4 is 5.97 Å². The van der Waals surface area contributed by atoms with Gasteiger partial charge in [-0.2, -0.15) is 0 Å². The molecular formula is C16H24O2. The molecule has 2 heteroatoms. The van der Waals surface area contributed by atoms with Crippen molar-refractivity contribution in [2.24, 2.45) is 0 Å². The molecule has 0 atom stereocenters. The van der Waals surface area contributed by atoms with Crippen LogP contribution >= 0.6 is 0 Å². The lowest BCUT2D eigenvalue weighted by Gasteiger charge is -2.05. The van der Waals surface area contributed by atoms with Gasteiger partial charge in [0.05, 0.1) is 5.56 Å². The summed E-state index contributed by atoms with van der Waals surface area (Å²) in [5.41, 5.74) is 4.05. The highest BCUT2D eigenvalue weighted by Gasteiger charge is 2.06. The molecule has 0 saturated carbocycles. The van der Waals surface area contributed by atoms with E-state index in [9.17, 15) is 4.79 Å². The molecule has 0 amide bonds. The zero-order chi connectivity index (χ0) is 14.1. The van der Waals surface area contributed by atoms with Crippen LogP contribution in [0.2, 0.25) is 0 Å². The monoisotopic (exact) mass is 248 g/mol. The third-order valence-corrected chi connectivity index (χ3v) is 2.45. The first kappa shape index (κ1) is 16.4. The molecule has 0 aliphatic rings. The second-order valence-corrected chi connectivity index (χ2v) is 4.18. The number of esters is 1. The fourth-order valence-corrected chi connectivity index (χ4v) is 1.24. The number of hydrogen-bond donors (Lipinski definition) is 0. The summed E-state index contributed by atoms with van der Waals surface area (Å²) in [6.45, 7) is 12.3. The van der Waals surface area contributed by atoms with Gasteiger partial charge in [0.15, 0.2) is 0 Å². The summed E-state index contributed by atoms with van der Waals surface area (Å²) in [6, 6.07) is 5.60. The second-order valence-electron chi connectivity index (χ2n) is 4.18. The van der Waals surface area contributed by atoms with Gasteiger partial charge in [0.2, 0.25) is 0 Å². The quantitative estimate of drug-likeness (QED) is 0.583. The van der Waals surface area contributed by atoms with Crippen LogP contribution in [0.15, 0.2) is 29.8 Å². The third-order valence-electron chi connectivity index (χ3n) is 2.45. The lowest BCUT2D eigenvalue weighted by Crippen LogP contribution is -2.05. The minimum atomic E-state index is -0.263. The molecule has 1 aromatic carbocycles. The zero-order valence-electron chi connectivity index (χ0n) is 12.3. The Balaban J connectivity index is 0.00000137. The summed E-state index contributed by atoms with van der Waals surface area (Å²) >= 11 is 0. The molecule has 1 rings (SSSR count). The SMILES string of the molecule is CC.CC(C)=CCOC(=O)c1ccc(C)c(C)c1. The Morgan fingerprint density at radius 1 is 1.17 bits per heavy atom. The smallest absolute Gasteiger partial charge is 0.338 e. The van der Waals surface area contributed by atoms with E-state index in [1.807, 2.05) is 59.8 Å². The summed E-state index contributed by atoms with van der Waals surface area (Å²) in [4.78, 5) is 11.6. The van der Waals surface area contributed by atoms with E-state index in [1.165, 1.54) is 5.56 Å². The van der Waals surface area contributed by atoms with Crippen molar-refractivity contribution in [1.82, 2.24) is 0 Å². The minimum Gasteiger partial charge on any atom is -0.458 e. The number of carbonyl (C=O) groups is 1. The minimum absolute atomic E-state index is 0.263. The number of aryl methyl sites for hydroxylation is 2. The molecule has 100 valence electrons. The highest BCUT2D eigenvalue weighted by molar-refractivity contribution is 5.89. The Morgan fingerprint density at radius 3 is 2.28 bits per heavy atom. The van der Waals surface area contributed by atoms with E-state index in [1.54, 1.807) is 6.07 Å². The van der Waals surface area contributed by atoms with Gasteiger partial charge in [-0.15, -0.1) is 0 Å². The van der Waals surface area contributed by atoms with E-state index >= 15 is 0 Å². The van der Waals surface area contributed by atoms with E-state index in [0.717, 1.165) is 11.1 Å². The molecule has 0 heterocycles. The molecular weight excluding hydrogens is 224 g/mol. The summed E-state index contributed by atoms with van der Waals surface area (Å²) in [7, 11) is 0. The first-order chi connectivity index (χ1) is 8.50. The topological polar surface area (TPSA) is 26.3 Å². The van der Waals surface area contributed by atoms with Crippen LogP contribution in [0.25, 0.3) is 0 Å². The van der Waals surface area contributed by atoms with Crippen molar-refractivity contribution in [1.29, 1.82) is 0 Å². The van der Waals surface area contributed by atoms with Gasteiger partial charge in [0, 0.05) is 0 Å². The molecule has 0 bridgehead atoms. The molecule has 0 saturated heterocycles. The summed E-state index contributed by atoms with van der Waals surface area (Å²) in [6.07, 6.45) is 1.89. The molecule has 18 heavy (non-hydrogen) atoms. The molecule has 0 unspecified atom stereocenters. The molecule has 0 aliphatic heterocycles. The molecule has 0 N–H and O–H groups in total. The summed E-state index contributed by atoms with van der Waals surface area (Å²) < 4.78 is 5.12. The van der Waals surface area contributed by atoms with Gasteiger partial charge < -0.3 is 4.74 Å². The van der Waals surface area contributed by atoms with E-state index < -0.39 is 0 Å². The zero-order valence-corrected chi connectivity index (χ0v) is 12.3. The fraction of sp³-hybridized carbons (Fsp3) is 0.438. The third kappa shape index (κ3) is 5.67. The number of carbonyl (C=O) groups excluding carboxylic acids is 1. The van der Waals surface area contributed by atoms with Crippen LogP contribution in [0.3, 0.4) is 0 Å². The first-order valence-corrected chi connectivity index (χ1v) is 6.38. The van der Waals surface area contributed by atoms with E-state index in [2.05, 4.69) is 0 Å². The van der Waals surface area contributed by atoms with Gasteiger partial charge in [0.1, 0.15) is 6.61 Å². The molecule has 1 aromatic rings. The molecule has 2 nitrogen and oxygen atoms in total. The van der Waals surface area contributed by atoms with Crippen LogP contribution in [0.5, 0.6) is 0 Å². The number of benzene rings is 1. The Hall–Kier alpha value is -1.57. The van der Waals surface area contributed by atoms with Crippen molar-refractivity contribution in [3.8, 4) is 0 Å². The normalized spacial score (nSPS) is 9.00. The van der Waals surface area contributed by atoms with Crippen LogP contribution in [0.1, 0.15) is 49.2 Å². The second kappa shape index (κ2) is 8.51. The van der Waals surface area contributed by atoms with Crippen LogP contribution < -0.4 is 0 Å². The van der Waals surface area contributed by atoms with Crippen molar-refractivity contribution < 1.29 is 9.53 Å². The van der Waals surface area contributed by atoms with Gasteiger partial charge in [-0.25, -0.2) is 4.79 Å². The van der Waals surface area contributed by atoms with Crippen LogP contribution in [-0.2, 0) is 4.74 Å². The summed E-state index contributed by atoms with van der Waals surface area (Å²) in [5, 5.41) is 0. The summed E-state index contributed by atoms with van der Waals surface area (Å²) in [5.74, 6) is -0.263. The van der Waals surface area contributed by atoms with Gasteiger partial charge in [0.25, 0.3) is 0 Å². The first-order valence-electron chi connectivity index (χ1n) is 6.38. The van der Waals surface area contributed by atoms with E-state index in [4.69, 9.17) is 4.74 Å². The highest BCUT2D eigenvalue weighted by atomic mass is 16.5. The molecule has 0 fully saturated rings. The Morgan fingerprint density at radius 2 is 1.78 bits per heavy atom. The highest BCUT2D eigenvalue weighted by Crippen LogP contribution is 2.10. The lowest BCUT2D eigenvalue weighted by atomic mass is 10.1. The maximum Gasteiger partial charge on any atom is 0.338 e. The van der Waals surface area contributed by atoms with Crippen molar-refractivity contribution in [2.45, 2.75) is 41.5 Å². The van der Waals surface area contributed by atoms with Crippen LogP contribution in [-0.4, -0.2) is 12.6 Å². The number of allylic oxidation sites excluding steroid dienone is 1. The van der Waals surface area contributed by atoms with Gasteiger partial charge >= 0.3 is 5.97 Å². The number of ether oxygens (including phenoxy) is 1. The Labute approximate surface area is 111 Å². The predicted molar refractivity (Wildman–Crippen MR) is 77.0 cm³/mol. The largest absolute Gasteiger partial charge is 0.458 e.